The zero-order chi connectivity index (χ0) is 16.2. The number of anilines is 1. The van der Waals surface area contributed by atoms with Gasteiger partial charge >= 0.3 is 0 Å². The second-order valence-electron chi connectivity index (χ2n) is 5.57. The van der Waals surface area contributed by atoms with Crippen LogP contribution in [0.2, 0.25) is 0 Å². The Balaban J connectivity index is 1.55. The third-order valence-corrected chi connectivity index (χ3v) is 3.61. The Bertz CT molecular complexity index is 659. The van der Waals surface area contributed by atoms with Crippen LogP contribution in [0.15, 0.2) is 25.0 Å². The first-order valence-electron chi connectivity index (χ1n) is 7.38. The third kappa shape index (κ3) is 3.74. The molecule has 1 saturated heterocycles. The molecule has 1 aliphatic heterocycles. The first-order valence-corrected chi connectivity index (χ1v) is 7.38. The van der Waals surface area contributed by atoms with Crippen LogP contribution in [-0.4, -0.2) is 68.8 Å². The van der Waals surface area contributed by atoms with E-state index >= 15 is 0 Å². The number of rotatable bonds is 5. The highest BCUT2D eigenvalue weighted by Gasteiger charge is 2.28. The van der Waals surface area contributed by atoms with E-state index in [2.05, 4.69) is 20.1 Å². The molecule has 0 aromatic carbocycles. The van der Waals surface area contributed by atoms with Gasteiger partial charge in [-0.2, -0.15) is 10.1 Å². The molecule has 0 N–H and O–H groups in total. The summed E-state index contributed by atoms with van der Waals surface area (Å²) in [5.41, 5.74) is 0. The second-order valence-corrected chi connectivity index (χ2v) is 5.57. The topological polar surface area (TPSA) is 89.3 Å². The van der Waals surface area contributed by atoms with E-state index < -0.39 is 0 Å². The van der Waals surface area contributed by atoms with Gasteiger partial charge in [0, 0.05) is 27.1 Å². The van der Waals surface area contributed by atoms with E-state index in [1.807, 2.05) is 19.0 Å². The largest absolute Gasteiger partial charge is 0.471 e. The molecule has 0 spiro atoms. The fourth-order valence-corrected chi connectivity index (χ4v) is 2.39. The van der Waals surface area contributed by atoms with Gasteiger partial charge in [-0.25, -0.2) is 9.67 Å². The van der Waals surface area contributed by atoms with Crippen LogP contribution in [0.1, 0.15) is 6.42 Å². The lowest BCUT2D eigenvalue weighted by molar-refractivity contribution is -0.131. The fourth-order valence-electron chi connectivity index (χ4n) is 2.39. The molecule has 122 valence electrons. The van der Waals surface area contributed by atoms with Crippen molar-refractivity contribution in [1.82, 2.24) is 29.6 Å². The molecular formula is C14H19N7O2. The van der Waals surface area contributed by atoms with Crippen molar-refractivity contribution in [3.63, 3.8) is 0 Å². The maximum atomic E-state index is 12.2. The van der Waals surface area contributed by atoms with E-state index in [0.29, 0.717) is 19.0 Å². The zero-order valence-electron chi connectivity index (χ0n) is 13.2. The molecule has 1 fully saturated rings. The quantitative estimate of drug-likeness (QED) is 0.755. The highest BCUT2D eigenvalue weighted by molar-refractivity contribution is 5.76. The molecule has 3 rings (SSSR count). The molecular weight excluding hydrogens is 298 g/mol. The van der Waals surface area contributed by atoms with Crippen LogP contribution in [-0.2, 0) is 11.3 Å². The Morgan fingerprint density at radius 2 is 2.26 bits per heavy atom. The summed E-state index contributed by atoms with van der Waals surface area (Å²) in [6, 6.07) is 0. The minimum Gasteiger partial charge on any atom is -0.471 e. The van der Waals surface area contributed by atoms with Crippen molar-refractivity contribution in [1.29, 1.82) is 0 Å². The number of amides is 1. The van der Waals surface area contributed by atoms with Crippen molar-refractivity contribution in [3.05, 3.63) is 25.0 Å². The SMILES string of the molecule is CN(C)c1cncc(OC2CCN(C(=O)Cn3cncn3)C2)n1. The highest BCUT2D eigenvalue weighted by Crippen LogP contribution is 2.18. The van der Waals surface area contributed by atoms with Gasteiger partial charge in [0.05, 0.1) is 18.9 Å². The number of likely N-dealkylation sites (tertiary alicyclic amines) is 1. The standard InChI is InChI=1S/C14H19N7O2/c1-19(2)12-5-15-6-13(18-12)23-11-3-4-20(7-11)14(22)8-21-10-16-9-17-21/h5-6,9-11H,3-4,7-8H2,1-2H3. The molecule has 1 amide bonds. The molecule has 1 aliphatic rings. The number of carbonyl (C=O) groups is 1. The van der Waals surface area contributed by atoms with Gasteiger partial charge in [-0.05, 0) is 0 Å². The average Bonchev–Trinajstić information content (AvgIpc) is 3.19. The molecule has 2 aromatic rings. The summed E-state index contributed by atoms with van der Waals surface area (Å²) < 4.78 is 7.37. The van der Waals surface area contributed by atoms with Gasteiger partial charge in [-0.1, -0.05) is 0 Å². The van der Waals surface area contributed by atoms with E-state index in [9.17, 15) is 4.79 Å². The van der Waals surface area contributed by atoms with Crippen LogP contribution in [0, 0.1) is 0 Å². The smallest absolute Gasteiger partial charge is 0.244 e. The minimum absolute atomic E-state index is 0.00901. The first kappa shape index (κ1) is 15.2. The van der Waals surface area contributed by atoms with Crippen LogP contribution >= 0.6 is 0 Å². The molecule has 0 aliphatic carbocycles. The lowest BCUT2D eigenvalue weighted by atomic mass is 10.3. The maximum absolute atomic E-state index is 12.2. The Hall–Kier alpha value is -2.71. The van der Waals surface area contributed by atoms with Gasteiger partial charge in [0.25, 0.3) is 0 Å². The van der Waals surface area contributed by atoms with Crippen molar-refractivity contribution in [2.24, 2.45) is 0 Å². The van der Waals surface area contributed by atoms with Crippen molar-refractivity contribution >= 4 is 11.7 Å². The number of aromatic nitrogens is 5. The Labute approximate surface area is 133 Å². The van der Waals surface area contributed by atoms with Crippen molar-refractivity contribution in [2.45, 2.75) is 19.1 Å². The van der Waals surface area contributed by atoms with Crippen molar-refractivity contribution < 1.29 is 9.53 Å². The summed E-state index contributed by atoms with van der Waals surface area (Å²) in [5.74, 6) is 1.22. The molecule has 2 aromatic heterocycles. The molecule has 0 saturated carbocycles. The summed E-state index contributed by atoms with van der Waals surface area (Å²) in [5, 5.41) is 3.94. The second kappa shape index (κ2) is 6.59. The monoisotopic (exact) mass is 317 g/mol. The van der Waals surface area contributed by atoms with Crippen LogP contribution in [0.25, 0.3) is 0 Å². The Morgan fingerprint density at radius 1 is 1.39 bits per heavy atom. The van der Waals surface area contributed by atoms with Crippen LogP contribution in [0.5, 0.6) is 5.88 Å². The first-order chi connectivity index (χ1) is 11.1. The molecule has 9 heteroatoms. The molecule has 9 nitrogen and oxygen atoms in total. The average molecular weight is 317 g/mol. The van der Waals surface area contributed by atoms with Crippen molar-refractivity contribution in [3.8, 4) is 5.88 Å². The predicted octanol–water partition coefficient (Wildman–Crippen LogP) is -0.186. The van der Waals surface area contributed by atoms with Gasteiger partial charge in [-0.3, -0.25) is 9.78 Å². The lowest BCUT2D eigenvalue weighted by Gasteiger charge is -2.17. The molecule has 3 heterocycles. The molecule has 0 radical (unpaired) electrons. The highest BCUT2D eigenvalue weighted by atomic mass is 16.5. The molecule has 1 unspecified atom stereocenters. The van der Waals surface area contributed by atoms with Gasteiger partial charge in [0.1, 0.15) is 25.3 Å². The molecule has 23 heavy (non-hydrogen) atoms. The Kier molecular flexibility index (Phi) is 4.35. The zero-order valence-corrected chi connectivity index (χ0v) is 13.2. The normalized spacial score (nSPS) is 17.3. The summed E-state index contributed by atoms with van der Waals surface area (Å²) in [7, 11) is 3.79. The van der Waals surface area contributed by atoms with Gasteiger partial charge in [-0.15, -0.1) is 0 Å². The summed E-state index contributed by atoms with van der Waals surface area (Å²) in [6.45, 7) is 1.41. The maximum Gasteiger partial charge on any atom is 0.244 e. The lowest BCUT2D eigenvalue weighted by Crippen LogP contribution is -2.33. The van der Waals surface area contributed by atoms with Crippen LogP contribution in [0.4, 0.5) is 5.82 Å². The summed E-state index contributed by atoms with van der Waals surface area (Å²) >= 11 is 0. The van der Waals surface area contributed by atoms with Gasteiger partial charge in [0.15, 0.2) is 5.82 Å². The van der Waals surface area contributed by atoms with Crippen LogP contribution < -0.4 is 9.64 Å². The van der Waals surface area contributed by atoms with Crippen molar-refractivity contribution in [2.75, 3.05) is 32.1 Å². The number of ether oxygens (including phenoxy) is 1. The molecule has 1 atom stereocenters. The van der Waals surface area contributed by atoms with E-state index in [-0.39, 0.29) is 18.6 Å². The van der Waals surface area contributed by atoms with E-state index in [1.54, 1.807) is 17.3 Å². The van der Waals surface area contributed by atoms with Crippen LogP contribution in [0.3, 0.4) is 0 Å². The summed E-state index contributed by atoms with van der Waals surface area (Å²) in [4.78, 5) is 28.2. The van der Waals surface area contributed by atoms with E-state index in [0.717, 1.165) is 12.2 Å². The number of hydrogen-bond acceptors (Lipinski definition) is 7. The van der Waals surface area contributed by atoms with Gasteiger partial charge in [0.2, 0.25) is 11.8 Å². The predicted molar refractivity (Wildman–Crippen MR) is 82.0 cm³/mol. The number of carbonyl (C=O) groups excluding carboxylic acids is 1. The number of hydrogen-bond donors (Lipinski definition) is 0. The van der Waals surface area contributed by atoms with E-state index in [4.69, 9.17) is 4.74 Å². The van der Waals surface area contributed by atoms with E-state index in [1.165, 1.54) is 17.3 Å². The molecule has 0 bridgehead atoms. The minimum atomic E-state index is -0.0681. The Morgan fingerprint density at radius 3 is 3.00 bits per heavy atom. The summed E-state index contributed by atoms with van der Waals surface area (Å²) in [6.07, 6.45) is 6.92. The third-order valence-electron chi connectivity index (χ3n) is 3.61. The van der Waals surface area contributed by atoms with Gasteiger partial charge < -0.3 is 14.5 Å². The fraction of sp³-hybridized carbons (Fsp3) is 0.500. The number of nitrogens with zero attached hydrogens (tertiary/aromatic N) is 7.